The summed E-state index contributed by atoms with van der Waals surface area (Å²) in [5.74, 6) is 0.128. The number of hydrogen-bond donors (Lipinski definition) is 0. The number of aryl methyl sites for hydroxylation is 1. The molecule has 6 nitrogen and oxygen atoms in total. The summed E-state index contributed by atoms with van der Waals surface area (Å²) in [6, 6.07) is 2.26. The zero-order chi connectivity index (χ0) is 14.7. The average Bonchev–Trinajstić information content (AvgIpc) is 2.97. The number of aromatic nitrogens is 2. The van der Waals surface area contributed by atoms with E-state index >= 15 is 0 Å². The molecule has 1 saturated heterocycles. The molecular weight excluding hydrogens is 256 g/mol. The van der Waals surface area contributed by atoms with Gasteiger partial charge in [0.25, 0.3) is 0 Å². The molecule has 0 aromatic carbocycles. The van der Waals surface area contributed by atoms with Gasteiger partial charge in [0.1, 0.15) is 0 Å². The van der Waals surface area contributed by atoms with E-state index in [4.69, 9.17) is 4.74 Å². The molecule has 0 aliphatic carbocycles. The van der Waals surface area contributed by atoms with E-state index in [1.54, 1.807) is 18.0 Å². The van der Waals surface area contributed by atoms with Crippen LogP contribution >= 0.6 is 0 Å². The third-order valence-electron chi connectivity index (χ3n) is 4.15. The molecule has 1 fully saturated rings. The lowest BCUT2D eigenvalue weighted by atomic mass is 10.2. The second kappa shape index (κ2) is 6.37. The van der Waals surface area contributed by atoms with Gasteiger partial charge in [0.15, 0.2) is 0 Å². The first kappa shape index (κ1) is 15.0. The van der Waals surface area contributed by atoms with E-state index in [1.165, 1.54) is 0 Å². The van der Waals surface area contributed by atoms with Crippen molar-refractivity contribution in [1.29, 1.82) is 0 Å². The molecule has 0 N–H and O–H groups in total. The van der Waals surface area contributed by atoms with E-state index < -0.39 is 0 Å². The zero-order valence-electron chi connectivity index (χ0n) is 12.7. The Morgan fingerprint density at radius 3 is 2.85 bits per heavy atom. The SMILES string of the molecule is CO[C@H]1C[C@@H](CN(C)C(=O)Cc2ccnn2C)N(C)C1. The topological polar surface area (TPSA) is 50.6 Å². The second-order valence-electron chi connectivity index (χ2n) is 5.58. The Labute approximate surface area is 120 Å². The standard InChI is InChI=1S/C14H24N4O2/c1-16-10-13(20-4)7-12(16)9-17(2)14(19)8-11-5-6-15-18(11)3/h5-6,12-13H,7-10H2,1-4H3/t12-,13-/m0/s1. The number of methoxy groups -OCH3 is 1. The van der Waals surface area contributed by atoms with Crippen LogP contribution in [0.4, 0.5) is 0 Å². The molecule has 20 heavy (non-hydrogen) atoms. The first-order valence-electron chi connectivity index (χ1n) is 6.95. The van der Waals surface area contributed by atoms with Crippen molar-refractivity contribution >= 4 is 5.91 Å². The summed E-state index contributed by atoms with van der Waals surface area (Å²) in [7, 11) is 7.56. The Balaban J connectivity index is 1.87. The predicted molar refractivity (Wildman–Crippen MR) is 76.4 cm³/mol. The molecule has 2 atom stereocenters. The zero-order valence-corrected chi connectivity index (χ0v) is 12.7. The lowest BCUT2D eigenvalue weighted by molar-refractivity contribution is -0.129. The molecule has 1 aromatic heterocycles. The summed E-state index contributed by atoms with van der Waals surface area (Å²) in [6.45, 7) is 1.68. The van der Waals surface area contributed by atoms with Gasteiger partial charge < -0.3 is 9.64 Å². The molecule has 6 heteroatoms. The molecule has 0 saturated carbocycles. The molecule has 2 rings (SSSR count). The highest BCUT2D eigenvalue weighted by molar-refractivity contribution is 5.78. The van der Waals surface area contributed by atoms with Crippen LogP contribution in [0.2, 0.25) is 0 Å². The minimum Gasteiger partial charge on any atom is -0.380 e. The van der Waals surface area contributed by atoms with Gasteiger partial charge in [-0.15, -0.1) is 0 Å². The van der Waals surface area contributed by atoms with Crippen molar-refractivity contribution in [1.82, 2.24) is 19.6 Å². The first-order valence-corrected chi connectivity index (χ1v) is 6.95. The predicted octanol–water partition coefficient (Wildman–Crippen LogP) is 0.140. The fourth-order valence-corrected chi connectivity index (χ4v) is 2.70. The third kappa shape index (κ3) is 3.37. The van der Waals surface area contributed by atoms with Crippen LogP contribution in [0.5, 0.6) is 0 Å². The fraction of sp³-hybridized carbons (Fsp3) is 0.714. The molecule has 112 valence electrons. The van der Waals surface area contributed by atoms with E-state index in [2.05, 4.69) is 17.0 Å². The quantitative estimate of drug-likeness (QED) is 0.770. The highest BCUT2D eigenvalue weighted by Crippen LogP contribution is 2.18. The number of likely N-dealkylation sites (N-methyl/N-ethyl adjacent to an activating group) is 2. The van der Waals surface area contributed by atoms with Gasteiger partial charge >= 0.3 is 0 Å². The fourth-order valence-electron chi connectivity index (χ4n) is 2.70. The van der Waals surface area contributed by atoms with Crippen LogP contribution in [0.25, 0.3) is 0 Å². The van der Waals surface area contributed by atoms with Gasteiger partial charge in [0, 0.05) is 52.2 Å². The smallest absolute Gasteiger partial charge is 0.228 e. The van der Waals surface area contributed by atoms with Crippen molar-refractivity contribution in [2.45, 2.75) is 25.0 Å². The molecule has 1 amide bonds. The molecular formula is C14H24N4O2. The lowest BCUT2D eigenvalue weighted by Gasteiger charge is -2.25. The van der Waals surface area contributed by atoms with Crippen LogP contribution in [0.3, 0.4) is 0 Å². The number of amides is 1. The Morgan fingerprint density at radius 2 is 2.30 bits per heavy atom. The van der Waals surface area contributed by atoms with Crippen molar-refractivity contribution in [3.63, 3.8) is 0 Å². The van der Waals surface area contributed by atoms with Crippen molar-refractivity contribution in [2.24, 2.45) is 7.05 Å². The Bertz CT molecular complexity index is 460. The monoisotopic (exact) mass is 280 g/mol. The largest absolute Gasteiger partial charge is 0.380 e. The van der Waals surface area contributed by atoms with Gasteiger partial charge in [0.2, 0.25) is 5.91 Å². The van der Waals surface area contributed by atoms with Gasteiger partial charge in [-0.05, 0) is 19.5 Å². The number of ether oxygens (including phenoxy) is 1. The van der Waals surface area contributed by atoms with Crippen molar-refractivity contribution in [3.8, 4) is 0 Å². The van der Waals surface area contributed by atoms with Crippen LogP contribution in [0.1, 0.15) is 12.1 Å². The number of carbonyl (C=O) groups is 1. The summed E-state index contributed by atoms with van der Waals surface area (Å²) in [5.41, 5.74) is 0.941. The number of likely N-dealkylation sites (tertiary alicyclic amines) is 1. The maximum Gasteiger partial charge on any atom is 0.228 e. The molecule has 0 bridgehead atoms. The highest BCUT2D eigenvalue weighted by atomic mass is 16.5. The van der Waals surface area contributed by atoms with E-state index in [9.17, 15) is 4.79 Å². The lowest BCUT2D eigenvalue weighted by Crippen LogP contribution is -2.40. The molecule has 1 aliphatic heterocycles. The Kier molecular flexibility index (Phi) is 4.77. The summed E-state index contributed by atoms with van der Waals surface area (Å²) in [6.07, 6.45) is 3.38. The van der Waals surface area contributed by atoms with Crippen molar-refractivity contribution in [3.05, 3.63) is 18.0 Å². The highest BCUT2D eigenvalue weighted by Gasteiger charge is 2.30. The van der Waals surface area contributed by atoms with E-state index in [1.807, 2.05) is 25.1 Å². The van der Waals surface area contributed by atoms with E-state index in [0.29, 0.717) is 12.5 Å². The summed E-state index contributed by atoms with van der Waals surface area (Å²) in [5, 5.41) is 4.09. The van der Waals surface area contributed by atoms with Crippen LogP contribution in [-0.4, -0.2) is 71.9 Å². The van der Waals surface area contributed by atoms with Gasteiger partial charge in [-0.2, -0.15) is 5.10 Å². The molecule has 0 unspecified atom stereocenters. The van der Waals surface area contributed by atoms with Gasteiger partial charge in [0.05, 0.1) is 12.5 Å². The number of carbonyl (C=O) groups excluding carboxylic acids is 1. The Morgan fingerprint density at radius 1 is 1.55 bits per heavy atom. The summed E-state index contributed by atoms with van der Waals surface area (Å²) >= 11 is 0. The normalized spacial score (nSPS) is 23.2. The van der Waals surface area contributed by atoms with E-state index in [0.717, 1.165) is 25.2 Å². The third-order valence-corrected chi connectivity index (χ3v) is 4.15. The molecule has 0 radical (unpaired) electrons. The maximum absolute atomic E-state index is 12.2. The first-order chi connectivity index (χ1) is 9.51. The van der Waals surface area contributed by atoms with Crippen LogP contribution in [0.15, 0.2) is 12.3 Å². The van der Waals surface area contributed by atoms with Crippen LogP contribution in [0, 0.1) is 0 Å². The molecule has 0 spiro atoms. The summed E-state index contributed by atoms with van der Waals surface area (Å²) < 4.78 is 7.14. The van der Waals surface area contributed by atoms with Crippen LogP contribution < -0.4 is 0 Å². The van der Waals surface area contributed by atoms with Crippen LogP contribution in [-0.2, 0) is 23.0 Å². The second-order valence-corrected chi connectivity index (χ2v) is 5.58. The molecule has 1 aliphatic rings. The molecule has 2 heterocycles. The average molecular weight is 280 g/mol. The Hall–Kier alpha value is -1.40. The van der Waals surface area contributed by atoms with Gasteiger partial charge in [-0.25, -0.2) is 0 Å². The van der Waals surface area contributed by atoms with Crippen molar-refractivity contribution < 1.29 is 9.53 Å². The minimum absolute atomic E-state index is 0.128. The van der Waals surface area contributed by atoms with E-state index in [-0.39, 0.29) is 12.0 Å². The number of rotatable bonds is 5. The molecule has 1 aromatic rings. The van der Waals surface area contributed by atoms with Crippen molar-refractivity contribution in [2.75, 3.05) is 34.3 Å². The maximum atomic E-state index is 12.2. The summed E-state index contributed by atoms with van der Waals surface area (Å²) in [4.78, 5) is 16.3. The minimum atomic E-state index is 0.128. The van der Waals surface area contributed by atoms with Gasteiger partial charge in [-0.3, -0.25) is 14.4 Å². The number of nitrogens with zero attached hydrogens (tertiary/aromatic N) is 4. The number of hydrogen-bond acceptors (Lipinski definition) is 4. The van der Waals surface area contributed by atoms with Gasteiger partial charge in [-0.1, -0.05) is 0 Å².